The minimum atomic E-state index is -0.768. The van der Waals surface area contributed by atoms with Gasteiger partial charge < -0.3 is 4.74 Å². The molecule has 0 spiro atoms. The standard InChI is InChI=1S/C14H13N3O4S/c1-21-13(10-5-3-2-4-6-10)14(18)16-15-9-11-7-8-12(22-11)17(19)20/h2-9,13H,1H3,(H,16,18)/t13-/m0/s1. The van der Waals surface area contributed by atoms with E-state index in [-0.39, 0.29) is 5.00 Å². The zero-order valence-corrected chi connectivity index (χ0v) is 12.4. The van der Waals surface area contributed by atoms with Crippen LogP contribution in [0, 0.1) is 10.1 Å². The molecule has 0 saturated carbocycles. The molecule has 0 radical (unpaired) electrons. The average Bonchev–Trinajstić information content (AvgIpc) is 2.98. The highest BCUT2D eigenvalue weighted by Gasteiger charge is 2.19. The number of nitro groups is 1. The first-order chi connectivity index (χ1) is 10.6. The fourth-order valence-electron chi connectivity index (χ4n) is 1.75. The van der Waals surface area contributed by atoms with Crippen molar-refractivity contribution in [3.63, 3.8) is 0 Å². The van der Waals surface area contributed by atoms with Crippen LogP contribution >= 0.6 is 11.3 Å². The van der Waals surface area contributed by atoms with E-state index in [4.69, 9.17) is 4.74 Å². The Morgan fingerprint density at radius 2 is 2.09 bits per heavy atom. The molecule has 1 N–H and O–H groups in total. The Kier molecular flexibility index (Phi) is 5.34. The van der Waals surface area contributed by atoms with Gasteiger partial charge in [0.15, 0.2) is 6.10 Å². The Labute approximate surface area is 130 Å². The molecule has 0 aliphatic heterocycles. The van der Waals surface area contributed by atoms with E-state index >= 15 is 0 Å². The van der Waals surface area contributed by atoms with Gasteiger partial charge in [-0.15, -0.1) is 0 Å². The van der Waals surface area contributed by atoms with Gasteiger partial charge in [-0.3, -0.25) is 14.9 Å². The summed E-state index contributed by atoms with van der Waals surface area (Å²) < 4.78 is 5.16. The van der Waals surface area contributed by atoms with Crippen LogP contribution in [0.2, 0.25) is 0 Å². The van der Waals surface area contributed by atoms with Crippen LogP contribution in [0.1, 0.15) is 16.5 Å². The van der Waals surface area contributed by atoms with Crippen LogP contribution in [0.5, 0.6) is 0 Å². The maximum Gasteiger partial charge on any atom is 0.324 e. The lowest BCUT2D eigenvalue weighted by Crippen LogP contribution is -2.26. The molecule has 114 valence electrons. The van der Waals surface area contributed by atoms with E-state index in [0.717, 1.165) is 11.3 Å². The van der Waals surface area contributed by atoms with Gasteiger partial charge in [-0.2, -0.15) is 5.10 Å². The Morgan fingerprint density at radius 3 is 2.68 bits per heavy atom. The normalized spacial score (nSPS) is 12.2. The maximum atomic E-state index is 12.0. The molecule has 22 heavy (non-hydrogen) atoms. The number of hydrazone groups is 1. The van der Waals surface area contributed by atoms with Gasteiger partial charge in [0.05, 0.1) is 16.0 Å². The highest BCUT2D eigenvalue weighted by atomic mass is 32.1. The van der Waals surface area contributed by atoms with Crippen molar-refractivity contribution in [2.75, 3.05) is 7.11 Å². The van der Waals surface area contributed by atoms with Crippen LogP contribution < -0.4 is 5.43 Å². The molecule has 0 fully saturated rings. The number of nitrogens with zero attached hydrogens (tertiary/aromatic N) is 2. The molecule has 1 aromatic carbocycles. The van der Waals surface area contributed by atoms with E-state index in [1.807, 2.05) is 18.2 Å². The number of methoxy groups -OCH3 is 1. The van der Waals surface area contributed by atoms with Crippen molar-refractivity contribution >= 4 is 28.5 Å². The van der Waals surface area contributed by atoms with Gasteiger partial charge in [-0.1, -0.05) is 41.7 Å². The van der Waals surface area contributed by atoms with Crippen molar-refractivity contribution in [1.82, 2.24) is 5.43 Å². The van der Waals surface area contributed by atoms with E-state index in [1.165, 1.54) is 19.4 Å². The largest absolute Gasteiger partial charge is 0.367 e. The first-order valence-electron chi connectivity index (χ1n) is 6.26. The second kappa shape index (κ2) is 7.43. The summed E-state index contributed by atoms with van der Waals surface area (Å²) in [5.41, 5.74) is 3.07. The molecule has 1 aromatic heterocycles. The predicted octanol–water partition coefficient (Wildman–Crippen LogP) is 2.49. The number of rotatable bonds is 6. The van der Waals surface area contributed by atoms with Crippen molar-refractivity contribution < 1.29 is 14.5 Å². The summed E-state index contributed by atoms with van der Waals surface area (Å²) in [7, 11) is 1.43. The summed E-state index contributed by atoms with van der Waals surface area (Å²) in [6.07, 6.45) is 0.587. The average molecular weight is 319 g/mol. The van der Waals surface area contributed by atoms with Crippen LogP contribution in [-0.4, -0.2) is 24.2 Å². The Bertz CT molecular complexity index is 684. The first-order valence-corrected chi connectivity index (χ1v) is 7.08. The van der Waals surface area contributed by atoms with E-state index < -0.39 is 16.9 Å². The lowest BCUT2D eigenvalue weighted by atomic mass is 10.1. The van der Waals surface area contributed by atoms with Crippen LogP contribution in [0.3, 0.4) is 0 Å². The molecule has 0 unspecified atom stereocenters. The number of benzene rings is 1. The van der Waals surface area contributed by atoms with E-state index in [2.05, 4.69) is 10.5 Å². The lowest BCUT2D eigenvalue weighted by Gasteiger charge is -2.13. The van der Waals surface area contributed by atoms with Crippen molar-refractivity contribution in [2.24, 2.45) is 5.10 Å². The third-order valence-corrected chi connectivity index (χ3v) is 3.71. The monoisotopic (exact) mass is 319 g/mol. The fraction of sp³-hybridized carbons (Fsp3) is 0.143. The minimum absolute atomic E-state index is 0.0202. The number of thiophene rings is 1. The summed E-state index contributed by atoms with van der Waals surface area (Å²) in [5.74, 6) is -0.420. The number of hydrogen-bond donors (Lipinski definition) is 1. The number of carbonyl (C=O) groups is 1. The Balaban J connectivity index is 1.98. The van der Waals surface area contributed by atoms with Crippen molar-refractivity contribution in [1.29, 1.82) is 0 Å². The Morgan fingerprint density at radius 1 is 1.36 bits per heavy atom. The summed E-state index contributed by atoms with van der Waals surface area (Å²) in [6, 6.07) is 12.0. The van der Waals surface area contributed by atoms with Crippen LogP contribution in [0.4, 0.5) is 5.00 Å². The topological polar surface area (TPSA) is 93.8 Å². The van der Waals surface area contributed by atoms with Gasteiger partial charge in [0.25, 0.3) is 5.91 Å². The van der Waals surface area contributed by atoms with E-state index in [0.29, 0.717) is 10.4 Å². The minimum Gasteiger partial charge on any atom is -0.367 e. The quantitative estimate of drug-likeness (QED) is 0.503. The van der Waals surface area contributed by atoms with E-state index in [9.17, 15) is 14.9 Å². The second-order valence-electron chi connectivity index (χ2n) is 4.19. The molecular weight excluding hydrogens is 306 g/mol. The van der Waals surface area contributed by atoms with Crippen molar-refractivity contribution in [3.05, 3.63) is 63.0 Å². The van der Waals surface area contributed by atoms with Crippen LogP contribution in [0.25, 0.3) is 0 Å². The molecule has 1 heterocycles. The molecule has 0 aliphatic carbocycles. The smallest absolute Gasteiger partial charge is 0.324 e. The van der Waals surface area contributed by atoms with Gasteiger partial charge in [0, 0.05) is 13.2 Å². The van der Waals surface area contributed by atoms with Crippen molar-refractivity contribution in [3.8, 4) is 0 Å². The van der Waals surface area contributed by atoms with E-state index in [1.54, 1.807) is 18.2 Å². The summed E-state index contributed by atoms with van der Waals surface area (Å²) >= 11 is 0.972. The van der Waals surface area contributed by atoms with Gasteiger partial charge >= 0.3 is 5.00 Å². The maximum absolute atomic E-state index is 12.0. The number of amides is 1. The third-order valence-electron chi connectivity index (χ3n) is 2.74. The van der Waals surface area contributed by atoms with Gasteiger partial charge in [-0.05, 0) is 11.6 Å². The highest BCUT2D eigenvalue weighted by Crippen LogP contribution is 2.22. The van der Waals surface area contributed by atoms with Crippen molar-refractivity contribution in [2.45, 2.75) is 6.10 Å². The summed E-state index contributed by atoms with van der Waals surface area (Å²) in [4.78, 5) is 22.7. The fourth-order valence-corrected chi connectivity index (χ4v) is 2.44. The van der Waals surface area contributed by atoms with Gasteiger partial charge in [-0.25, -0.2) is 5.43 Å². The van der Waals surface area contributed by atoms with Crippen LogP contribution in [0.15, 0.2) is 47.6 Å². The summed E-state index contributed by atoms with van der Waals surface area (Å²) in [5, 5.41) is 14.4. The number of hydrogen-bond acceptors (Lipinski definition) is 6. The molecule has 7 nitrogen and oxygen atoms in total. The Hall–Kier alpha value is -2.58. The molecule has 2 aromatic rings. The SMILES string of the molecule is CO[C@H](C(=O)NN=Cc1ccc([N+](=O)[O-])s1)c1ccccc1. The van der Waals surface area contributed by atoms with Gasteiger partial charge in [0.2, 0.25) is 0 Å². The molecule has 1 atom stereocenters. The molecule has 1 amide bonds. The predicted molar refractivity (Wildman–Crippen MR) is 82.9 cm³/mol. The molecule has 2 rings (SSSR count). The molecule has 0 saturated heterocycles. The number of nitrogens with one attached hydrogen (secondary N) is 1. The lowest BCUT2D eigenvalue weighted by molar-refractivity contribution is -0.380. The van der Waals surface area contributed by atoms with Gasteiger partial charge in [0.1, 0.15) is 0 Å². The molecular formula is C14H13N3O4S. The van der Waals surface area contributed by atoms with Crippen LogP contribution in [-0.2, 0) is 9.53 Å². The number of ether oxygens (including phenoxy) is 1. The molecule has 0 aliphatic rings. The molecule has 8 heteroatoms. The molecule has 0 bridgehead atoms. The zero-order chi connectivity index (χ0) is 15.9. The second-order valence-corrected chi connectivity index (χ2v) is 5.29. The third kappa shape index (κ3) is 3.96. The highest BCUT2D eigenvalue weighted by molar-refractivity contribution is 7.16. The first kappa shape index (κ1) is 15.8. The zero-order valence-electron chi connectivity index (χ0n) is 11.6. The summed E-state index contributed by atoms with van der Waals surface area (Å²) in [6.45, 7) is 0. The number of carbonyl (C=O) groups excluding carboxylic acids is 1.